The van der Waals surface area contributed by atoms with Gasteiger partial charge in [-0.3, -0.25) is 0 Å². The van der Waals surface area contributed by atoms with Crippen LogP contribution in [-0.2, 0) is 0 Å². The van der Waals surface area contributed by atoms with Gasteiger partial charge in [-0.2, -0.15) is 0 Å². The third-order valence-corrected chi connectivity index (χ3v) is 1.92. The fourth-order valence-corrected chi connectivity index (χ4v) is 1.26. The van der Waals surface area contributed by atoms with E-state index in [0.29, 0.717) is 6.42 Å². The molecule has 0 spiro atoms. The number of hydrogen-bond donors (Lipinski definition) is 2. The fraction of sp³-hybridized carbons (Fsp3) is 0.200. The quantitative estimate of drug-likeness (QED) is 0.541. The lowest BCUT2D eigenvalue weighted by atomic mass is 10.1. The van der Waals surface area contributed by atoms with E-state index >= 15 is 0 Å². The number of hydrogen-bond acceptors (Lipinski definition) is 2. The normalized spacial score (nSPS) is 12.5. The van der Waals surface area contributed by atoms with Gasteiger partial charge in [0.15, 0.2) is 0 Å². The van der Waals surface area contributed by atoms with Gasteiger partial charge >= 0.3 is 0 Å². The largest absolute Gasteiger partial charge is 0.388 e. The van der Waals surface area contributed by atoms with Crippen molar-refractivity contribution in [3.63, 3.8) is 0 Å². The van der Waals surface area contributed by atoms with Crippen LogP contribution in [0.25, 0.3) is 0 Å². The van der Waals surface area contributed by atoms with Gasteiger partial charge in [0.1, 0.15) is 0 Å². The molecule has 0 fully saturated rings. The SMILES string of the molecule is C=CC[C@@H](O)c1cccc(S)c1. The summed E-state index contributed by atoms with van der Waals surface area (Å²) in [6.45, 7) is 3.57. The molecule has 0 unspecified atom stereocenters. The minimum Gasteiger partial charge on any atom is -0.388 e. The van der Waals surface area contributed by atoms with Crippen molar-refractivity contribution in [2.24, 2.45) is 0 Å². The summed E-state index contributed by atoms with van der Waals surface area (Å²) in [7, 11) is 0. The Morgan fingerprint density at radius 1 is 1.58 bits per heavy atom. The average molecular weight is 180 g/mol. The van der Waals surface area contributed by atoms with Gasteiger partial charge in [0.25, 0.3) is 0 Å². The molecule has 2 heteroatoms. The highest BCUT2D eigenvalue weighted by Crippen LogP contribution is 2.19. The summed E-state index contributed by atoms with van der Waals surface area (Å²) in [5, 5.41) is 9.54. The molecule has 0 saturated carbocycles. The Labute approximate surface area is 78.2 Å². The first-order chi connectivity index (χ1) is 5.74. The second-order valence-corrected chi connectivity index (χ2v) is 3.15. The number of thiol groups is 1. The van der Waals surface area contributed by atoms with Crippen molar-refractivity contribution in [1.29, 1.82) is 0 Å². The molecule has 1 atom stereocenters. The van der Waals surface area contributed by atoms with E-state index in [1.807, 2.05) is 24.3 Å². The van der Waals surface area contributed by atoms with E-state index in [-0.39, 0.29) is 0 Å². The van der Waals surface area contributed by atoms with Crippen LogP contribution >= 0.6 is 12.6 Å². The Kier molecular flexibility index (Phi) is 3.38. The molecule has 1 rings (SSSR count). The second kappa shape index (κ2) is 4.33. The van der Waals surface area contributed by atoms with E-state index in [0.717, 1.165) is 10.5 Å². The molecule has 1 aromatic carbocycles. The van der Waals surface area contributed by atoms with Crippen LogP contribution < -0.4 is 0 Å². The molecule has 12 heavy (non-hydrogen) atoms. The summed E-state index contributed by atoms with van der Waals surface area (Å²) in [6.07, 6.45) is 1.84. The van der Waals surface area contributed by atoms with E-state index in [4.69, 9.17) is 0 Å². The third kappa shape index (κ3) is 2.40. The first-order valence-corrected chi connectivity index (χ1v) is 4.26. The van der Waals surface area contributed by atoms with Crippen molar-refractivity contribution in [3.8, 4) is 0 Å². The number of rotatable bonds is 3. The van der Waals surface area contributed by atoms with Gasteiger partial charge in [0.05, 0.1) is 6.10 Å². The van der Waals surface area contributed by atoms with Gasteiger partial charge in [0.2, 0.25) is 0 Å². The Morgan fingerprint density at radius 3 is 2.92 bits per heavy atom. The van der Waals surface area contributed by atoms with Crippen molar-refractivity contribution in [3.05, 3.63) is 42.5 Å². The van der Waals surface area contributed by atoms with E-state index < -0.39 is 6.10 Å². The fourth-order valence-electron chi connectivity index (χ4n) is 1.03. The number of benzene rings is 1. The Morgan fingerprint density at radius 2 is 2.33 bits per heavy atom. The van der Waals surface area contributed by atoms with Gasteiger partial charge in [-0.05, 0) is 24.1 Å². The minimum absolute atomic E-state index is 0.449. The molecule has 0 aliphatic carbocycles. The zero-order valence-electron chi connectivity index (χ0n) is 6.77. The summed E-state index contributed by atoms with van der Waals surface area (Å²) in [5.74, 6) is 0. The van der Waals surface area contributed by atoms with Crippen LogP contribution in [0.5, 0.6) is 0 Å². The van der Waals surface area contributed by atoms with Crippen LogP contribution in [-0.4, -0.2) is 5.11 Å². The van der Waals surface area contributed by atoms with E-state index in [1.54, 1.807) is 6.08 Å². The van der Waals surface area contributed by atoms with Gasteiger partial charge < -0.3 is 5.11 Å². The van der Waals surface area contributed by atoms with Crippen molar-refractivity contribution in [2.45, 2.75) is 17.4 Å². The Hall–Kier alpha value is -0.730. The lowest BCUT2D eigenvalue weighted by Gasteiger charge is -2.07. The Balaban J connectivity index is 2.80. The highest BCUT2D eigenvalue weighted by Gasteiger charge is 2.03. The van der Waals surface area contributed by atoms with Gasteiger partial charge in [-0.1, -0.05) is 18.2 Å². The maximum atomic E-state index is 9.54. The molecule has 1 aromatic rings. The third-order valence-electron chi connectivity index (χ3n) is 1.64. The summed E-state index contributed by atoms with van der Waals surface area (Å²) in [4.78, 5) is 0.871. The molecule has 0 radical (unpaired) electrons. The maximum Gasteiger partial charge on any atom is 0.0824 e. The van der Waals surface area contributed by atoms with E-state index in [9.17, 15) is 5.11 Å². The number of aliphatic hydroxyl groups excluding tert-OH is 1. The van der Waals surface area contributed by atoms with E-state index in [2.05, 4.69) is 19.2 Å². The molecule has 0 aliphatic heterocycles. The maximum absolute atomic E-state index is 9.54. The van der Waals surface area contributed by atoms with Crippen LogP contribution in [0.15, 0.2) is 41.8 Å². The van der Waals surface area contributed by atoms with Crippen LogP contribution in [0.1, 0.15) is 18.1 Å². The van der Waals surface area contributed by atoms with Crippen molar-refractivity contribution >= 4 is 12.6 Å². The van der Waals surface area contributed by atoms with E-state index in [1.165, 1.54) is 0 Å². The van der Waals surface area contributed by atoms with Gasteiger partial charge in [-0.25, -0.2) is 0 Å². The highest BCUT2D eigenvalue weighted by molar-refractivity contribution is 7.80. The molecule has 0 aliphatic rings. The van der Waals surface area contributed by atoms with Crippen molar-refractivity contribution in [1.82, 2.24) is 0 Å². The van der Waals surface area contributed by atoms with Crippen molar-refractivity contribution < 1.29 is 5.11 Å². The monoisotopic (exact) mass is 180 g/mol. The summed E-state index contributed by atoms with van der Waals surface area (Å²) >= 11 is 4.18. The summed E-state index contributed by atoms with van der Waals surface area (Å²) < 4.78 is 0. The lowest BCUT2D eigenvalue weighted by molar-refractivity contribution is 0.181. The van der Waals surface area contributed by atoms with Crippen LogP contribution in [0, 0.1) is 0 Å². The smallest absolute Gasteiger partial charge is 0.0824 e. The molecule has 0 aromatic heterocycles. The van der Waals surface area contributed by atoms with Gasteiger partial charge in [-0.15, -0.1) is 19.2 Å². The van der Waals surface area contributed by atoms with Crippen LogP contribution in [0.4, 0.5) is 0 Å². The average Bonchev–Trinajstić information content (AvgIpc) is 2.05. The Bertz CT molecular complexity index is 270. The molecule has 64 valence electrons. The molecular formula is C10H12OS. The first-order valence-electron chi connectivity index (χ1n) is 3.82. The highest BCUT2D eigenvalue weighted by atomic mass is 32.1. The molecule has 0 bridgehead atoms. The minimum atomic E-state index is -0.449. The van der Waals surface area contributed by atoms with Crippen LogP contribution in [0.2, 0.25) is 0 Å². The molecular weight excluding hydrogens is 168 g/mol. The summed E-state index contributed by atoms with van der Waals surface area (Å²) in [6, 6.07) is 7.50. The first kappa shape index (κ1) is 9.36. The topological polar surface area (TPSA) is 20.2 Å². The van der Waals surface area contributed by atoms with Crippen LogP contribution in [0.3, 0.4) is 0 Å². The second-order valence-electron chi connectivity index (χ2n) is 2.64. The van der Waals surface area contributed by atoms with Gasteiger partial charge in [0, 0.05) is 4.90 Å². The zero-order chi connectivity index (χ0) is 8.97. The summed E-state index contributed by atoms with van der Waals surface area (Å²) in [5.41, 5.74) is 0.891. The zero-order valence-corrected chi connectivity index (χ0v) is 7.67. The predicted octanol–water partition coefficient (Wildman–Crippen LogP) is 2.58. The molecule has 1 N–H and O–H groups in total. The molecule has 1 nitrogen and oxygen atoms in total. The predicted molar refractivity (Wildman–Crippen MR) is 53.5 cm³/mol. The standard InChI is InChI=1S/C10H12OS/c1-2-4-10(11)8-5-3-6-9(12)7-8/h2-3,5-7,10-12H,1,4H2/t10-/m1/s1. The molecule has 0 heterocycles. The number of aliphatic hydroxyl groups is 1. The molecule has 0 saturated heterocycles. The molecule has 0 amide bonds. The van der Waals surface area contributed by atoms with Crippen molar-refractivity contribution in [2.75, 3.05) is 0 Å². The lowest BCUT2D eigenvalue weighted by Crippen LogP contribution is -1.94.